The molecule has 0 aliphatic carbocycles. The fourth-order valence-electron chi connectivity index (χ4n) is 2.30. The number of nitro benzene ring substituents is 1. The van der Waals surface area contributed by atoms with Crippen molar-refractivity contribution < 1.29 is 14.8 Å². The normalized spacial score (nSPS) is 21.2. The third kappa shape index (κ3) is 3.59. The highest BCUT2D eigenvalue weighted by Crippen LogP contribution is 2.39. The summed E-state index contributed by atoms with van der Waals surface area (Å²) < 4.78 is 0.0286. The van der Waals surface area contributed by atoms with E-state index in [0.717, 1.165) is 24.7 Å². The van der Waals surface area contributed by atoms with Gasteiger partial charge in [-0.15, -0.1) is 0 Å². The number of carboxylic acids is 1. The molecule has 6 nitrogen and oxygen atoms in total. The van der Waals surface area contributed by atoms with Crippen molar-refractivity contribution >= 4 is 40.7 Å². The zero-order chi connectivity index (χ0) is 15.6. The van der Waals surface area contributed by atoms with Crippen LogP contribution in [0.1, 0.15) is 30.1 Å². The summed E-state index contributed by atoms with van der Waals surface area (Å²) in [5.41, 5.74) is -0.270. The van der Waals surface area contributed by atoms with Crippen LogP contribution in [-0.4, -0.2) is 33.0 Å². The van der Waals surface area contributed by atoms with Crippen LogP contribution in [0.3, 0.4) is 0 Å². The Morgan fingerprint density at radius 2 is 2.33 bits per heavy atom. The molecule has 1 unspecified atom stereocenters. The molecule has 1 aromatic rings. The van der Waals surface area contributed by atoms with Crippen LogP contribution in [0.5, 0.6) is 0 Å². The number of carbonyl (C=O) groups is 1. The number of hydrogen-bond acceptors (Lipinski definition) is 5. The van der Waals surface area contributed by atoms with E-state index in [2.05, 4.69) is 12.2 Å². The van der Waals surface area contributed by atoms with Gasteiger partial charge in [-0.2, -0.15) is 11.8 Å². The molecule has 114 valence electrons. The number of hydrogen-bond donors (Lipinski definition) is 2. The van der Waals surface area contributed by atoms with Gasteiger partial charge in [-0.25, -0.2) is 4.79 Å². The summed E-state index contributed by atoms with van der Waals surface area (Å²) in [7, 11) is 0. The summed E-state index contributed by atoms with van der Waals surface area (Å²) in [6.07, 6.45) is 2.17. The summed E-state index contributed by atoms with van der Waals surface area (Å²) in [5.74, 6) is -0.162. The van der Waals surface area contributed by atoms with E-state index >= 15 is 0 Å². The summed E-state index contributed by atoms with van der Waals surface area (Å²) >= 11 is 7.85. The van der Waals surface area contributed by atoms with Gasteiger partial charge in [-0.05, 0) is 25.5 Å². The van der Waals surface area contributed by atoms with E-state index < -0.39 is 10.9 Å². The Kier molecular flexibility index (Phi) is 4.63. The van der Waals surface area contributed by atoms with Gasteiger partial charge in [0.05, 0.1) is 21.2 Å². The van der Waals surface area contributed by atoms with E-state index in [1.165, 1.54) is 6.07 Å². The number of nitrogens with one attached hydrogen (secondary N) is 1. The SMILES string of the molecule is CC1(CNc2c(Cl)cc([N+](=O)[O-])cc2C(=O)O)CCCS1. The number of benzene rings is 1. The highest BCUT2D eigenvalue weighted by atomic mass is 35.5. The summed E-state index contributed by atoms with van der Waals surface area (Å²) in [6, 6.07) is 2.20. The monoisotopic (exact) mass is 330 g/mol. The van der Waals surface area contributed by atoms with Crippen LogP contribution in [0.25, 0.3) is 0 Å². The van der Waals surface area contributed by atoms with E-state index in [0.29, 0.717) is 6.54 Å². The molecule has 0 spiro atoms. The first-order valence-electron chi connectivity index (χ1n) is 6.41. The van der Waals surface area contributed by atoms with Crippen LogP contribution in [0.15, 0.2) is 12.1 Å². The Balaban J connectivity index is 2.29. The van der Waals surface area contributed by atoms with Gasteiger partial charge in [0.25, 0.3) is 5.69 Å². The molecule has 1 atom stereocenters. The van der Waals surface area contributed by atoms with E-state index in [9.17, 15) is 20.0 Å². The first-order chi connectivity index (χ1) is 9.82. The van der Waals surface area contributed by atoms with Crippen molar-refractivity contribution in [3.8, 4) is 0 Å². The predicted octanol–water partition coefficient (Wildman–Crippen LogP) is 3.64. The second kappa shape index (κ2) is 6.11. The van der Waals surface area contributed by atoms with Gasteiger partial charge in [0.1, 0.15) is 0 Å². The number of nitrogens with zero attached hydrogens (tertiary/aromatic N) is 1. The molecule has 1 aliphatic rings. The first kappa shape index (κ1) is 15.9. The molecule has 2 rings (SSSR count). The average Bonchev–Trinajstić information content (AvgIpc) is 2.83. The molecule has 0 saturated carbocycles. The maximum Gasteiger partial charge on any atom is 0.338 e. The third-order valence-corrected chi connectivity index (χ3v) is 5.29. The number of thioether (sulfide) groups is 1. The van der Waals surface area contributed by atoms with Gasteiger partial charge in [0.2, 0.25) is 0 Å². The molecule has 1 saturated heterocycles. The Morgan fingerprint density at radius 1 is 1.62 bits per heavy atom. The average molecular weight is 331 g/mol. The Hall–Kier alpha value is -1.47. The maximum absolute atomic E-state index is 11.3. The molecule has 8 heteroatoms. The summed E-state index contributed by atoms with van der Waals surface area (Å²) in [4.78, 5) is 21.4. The van der Waals surface area contributed by atoms with Crippen LogP contribution < -0.4 is 5.32 Å². The quantitative estimate of drug-likeness (QED) is 0.632. The number of aromatic carboxylic acids is 1. The molecule has 0 radical (unpaired) electrons. The van der Waals surface area contributed by atoms with Crippen LogP contribution in [0, 0.1) is 10.1 Å². The van der Waals surface area contributed by atoms with Gasteiger partial charge in [0.15, 0.2) is 0 Å². The van der Waals surface area contributed by atoms with E-state index in [4.69, 9.17) is 11.6 Å². The summed E-state index contributed by atoms with van der Waals surface area (Å²) in [5, 5.41) is 23.1. The second-order valence-electron chi connectivity index (χ2n) is 5.17. The van der Waals surface area contributed by atoms with Crippen LogP contribution >= 0.6 is 23.4 Å². The zero-order valence-corrected chi connectivity index (χ0v) is 13.0. The second-order valence-corrected chi connectivity index (χ2v) is 7.26. The molecule has 1 heterocycles. The molecule has 2 N–H and O–H groups in total. The number of carboxylic acid groups (broad SMARTS) is 1. The van der Waals surface area contributed by atoms with Gasteiger partial charge >= 0.3 is 5.97 Å². The highest BCUT2D eigenvalue weighted by Gasteiger charge is 2.30. The molecule has 0 amide bonds. The molecule has 1 aliphatic heterocycles. The fraction of sp³-hybridized carbons (Fsp3) is 0.462. The van der Waals surface area contributed by atoms with Gasteiger partial charge in [0, 0.05) is 23.4 Å². The molecule has 0 bridgehead atoms. The van der Waals surface area contributed by atoms with Crippen molar-refractivity contribution in [3.63, 3.8) is 0 Å². The number of nitro groups is 1. The molecule has 1 aromatic carbocycles. The predicted molar refractivity (Wildman–Crippen MR) is 83.7 cm³/mol. The van der Waals surface area contributed by atoms with Crippen molar-refractivity contribution in [2.24, 2.45) is 0 Å². The smallest absolute Gasteiger partial charge is 0.338 e. The third-order valence-electron chi connectivity index (χ3n) is 3.46. The van der Waals surface area contributed by atoms with Gasteiger partial charge < -0.3 is 10.4 Å². The van der Waals surface area contributed by atoms with Crippen molar-refractivity contribution in [1.82, 2.24) is 0 Å². The minimum atomic E-state index is -1.24. The van der Waals surface area contributed by atoms with E-state index in [1.54, 1.807) is 0 Å². The molecular weight excluding hydrogens is 316 g/mol. The van der Waals surface area contributed by atoms with Crippen molar-refractivity contribution in [2.45, 2.75) is 24.5 Å². The molecule has 0 aromatic heterocycles. The van der Waals surface area contributed by atoms with Crippen molar-refractivity contribution in [3.05, 3.63) is 32.8 Å². The number of halogens is 1. The maximum atomic E-state index is 11.3. The molecule has 21 heavy (non-hydrogen) atoms. The lowest BCUT2D eigenvalue weighted by Gasteiger charge is -2.24. The lowest BCUT2D eigenvalue weighted by molar-refractivity contribution is -0.384. The fourth-order valence-corrected chi connectivity index (χ4v) is 3.82. The van der Waals surface area contributed by atoms with Crippen molar-refractivity contribution in [2.75, 3.05) is 17.6 Å². The topological polar surface area (TPSA) is 92.5 Å². The lowest BCUT2D eigenvalue weighted by Crippen LogP contribution is -2.27. The van der Waals surface area contributed by atoms with Crippen molar-refractivity contribution in [1.29, 1.82) is 0 Å². The van der Waals surface area contributed by atoms with E-state index in [-0.39, 0.29) is 26.7 Å². The van der Waals surface area contributed by atoms with Crippen LogP contribution in [-0.2, 0) is 0 Å². The first-order valence-corrected chi connectivity index (χ1v) is 7.78. The van der Waals surface area contributed by atoms with Gasteiger partial charge in [-0.1, -0.05) is 11.6 Å². The van der Waals surface area contributed by atoms with Crippen LogP contribution in [0.4, 0.5) is 11.4 Å². The standard InChI is InChI=1S/C13H15ClN2O4S/c1-13(3-2-4-21-13)7-15-11-9(12(17)18)5-8(16(19)20)6-10(11)14/h5-6,15H,2-4,7H2,1H3,(H,17,18). The van der Waals surface area contributed by atoms with Crippen LogP contribution in [0.2, 0.25) is 5.02 Å². The minimum Gasteiger partial charge on any atom is -0.478 e. The Labute approximate surface area is 131 Å². The zero-order valence-electron chi connectivity index (χ0n) is 11.4. The summed E-state index contributed by atoms with van der Waals surface area (Å²) in [6.45, 7) is 2.67. The Morgan fingerprint density at radius 3 is 2.86 bits per heavy atom. The Bertz CT molecular complexity index is 588. The lowest BCUT2D eigenvalue weighted by atomic mass is 10.0. The number of anilines is 1. The highest BCUT2D eigenvalue weighted by molar-refractivity contribution is 8.00. The molecular formula is C13H15ClN2O4S. The van der Waals surface area contributed by atoms with E-state index in [1.807, 2.05) is 11.8 Å². The number of rotatable bonds is 5. The number of non-ortho nitro benzene ring substituents is 1. The van der Waals surface area contributed by atoms with Gasteiger partial charge in [-0.3, -0.25) is 10.1 Å². The molecule has 1 fully saturated rings. The minimum absolute atomic E-state index is 0.0286. The largest absolute Gasteiger partial charge is 0.478 e.